The molecule has 15 heavy (non-hydrogen) atoms. The molecule has 0 aliphatic carbocycles. The van der Waals surface area contributed by atoms with Crippen LogP contribution in [-0.2, 0) is 6.54 Å². The van der Waals surface area contributed by atoms with Gasteiger partial charge in [0.1, 0.15) is 5.82 Å². The lowest BCUT2D eigenvalue weighted by molar-refractivity contribution is 0.392. The summed E-state index contributed by atoms with van der Waals surface area (Å²) in [5.41, 5.74) is 2.15. The molecule has 2 rings (SSSR count). The van der Waals surface area contributed by atoms with E-state index in [2.05, 4.69) is 14.9 Å². The van der Waals surface area contributed by atoms with Crippen molar-refractivity contribution in [3.05, 3.63) is 30.1 Å². The molecule has 0 radical (unpaired) electrons. The van der Waals surface area contributed by atoms with E-state index in [0.717, 1.165) is 23.4 Å². The third-order valence-electron chi connectivity index (χ3n) is 1.90. The van der Waals surface area contributed by atoms with Gasteiger partial charge in [-0.15, -0.1) is 24.8 Å². The van der Waals surface area contributed by atoms with Crippen molar-refractivity contribution >= 4 is 35.8 Å². The van der Waals surface area contributed by atoms with E-state index in [9.17, 15) is 0 Å². The molecule has 0 fully saturated rings. The van der Waals surface area contributed by atoms with Crippen molar-refractivity contribution in [3.8, 4) is 0 Å². The molecule has 0 saturated carbocycles. The second kappa shape index (κ2) is 5.95. The minimum atomic E-state index is 0. The fraction of sp³-hybridized carbons (Fsp3) is 0.300. The highest BCUT2D eigenvalue weighted by Crippen LogP contribution is 2.10. The number of hydrogen-bond acceptors (Lipinski definition) is 2. The molecule has 1 heterocycles. The van der Waals surface area contributed by atoms with Gasteiger partial charge in [0.2, 0.25) is 0 Å². The Kier molecular flexibility index (Phi) is 5.65. The highest BCUT2D eigenvalue weighted by Gasteiger charge is 2.01. The number of para-hydroxylation sites is 2. The fourth-order valence-corrected chi connectivity index (χ4v) is 1.38. The van der Waals surface area contributed by atoms with E-state index in [0.29, 0.717) is 0 Å². The zero-order chi connectivity index (χ0) is 9.26. The Labute approximate surface area is 102 Å². The molecule has 3 nitrogen and oxygen atoms in total. The van der Waals surface area contributed by atoms with Crippen molar-refractivity contribution in [2.75, 3.05) is 14.1 Å². The molecule has 1 aromatic heterocycles. The van der Waals surface area contributed by atoms with E-state index in [-0.39, 0.29) is 24.8 Å². The van der Waals surface area contributed by atoms with E-state index in [4.69, 9.17) is 0 Å². The Morgan fingerprint density at radius 2 is 1.87 bits per heavy atom. The van der Waals surface area contributed by atoms with Crippen LogP contribution < -0.4 is 0 Å². The first-order chi connectivity index (χ1) is 6.25. The summed E-state index contributed by atoms with van der Waals surface area (Å²) < 4.78 is 0. The third kappa shape index (κ3) is 3.38. The average molecular weight is 248 g/mol. The van der Waals surface area contributed by atoms with E-state index in [1.807, 2.05) is 38.4 Å². The molecule has 0 saturated heterocycles. The van der Waals surface area contributed by atoms with Crippen LogP contribution in [0.5, 0.6) is 0 Å². The van der Waals surface area contributed by atoms with Crippen LogP contribution in [0, 0.1) is 0 Å². The van der Waals surface area contributed by atoms with Gasteiger partial charge in [-0.3, -0.25) is 0 Å². The van der Waals surface area contributed by atoms with Crippen LogP contribution in [0.15, 0.2) is 24.3 Å². The second-order valence-electron chi connectivity index (χ2n) is 3.44. The van der Waals surface area contributed by atoms with Crippen molar-refractivity contribution < 1.29 is 0 Å². The van der Waals surface area contributed by atoms with Gasteiger partial charge in [0.25, 0.3) is 0 Å². The van der Waals surface area contributed by atoms with E-state index < -0.39 is 0 Å². The number of benzene rings is 1. The largest absolute Gasteiger partial charge is 0.341 e. The Hall–Kier alpha value is -0.770. The molecule has 0 unspecified atom stereocenters. The third-order valence-corrected chi connectivity index (χ3v) is 1.90. The van der Waals surface area contributed by atoms with Gasteiger partial charge in [0.15, 0.2) is 0 Å². The molecule has 0 aliphatic heterocycles. The molecular formula is C10H15Cl2N3. The lowest BCUT2D eigenvalue weighted by Crippen LogP contribution is -2.11. The molecule has 5 heteroatoms. The molecule has 0 bridgehead atoms. The van der Waals surface area contributed by atoms with Crippen LogP contribution in [-0.4, -0.2) is 29.0 Å². The number of nitrogens with one attached hydrogen (secondary N) is 1. The number of rotatable bonds is 2. The average Bonchev–Trinajstić information content (AvgIpc) is 2.44. The quantitative estimate of drug-likeness (QED) is 0.885. The van der Waals surface area contributed by atoms with Crippen LogP contribution in [0.4, 0.5) is 0 Å². The smallest absolute Gasteiger partial charge is 0.121 e. The summed E-state index contributed by atoms with van der Waals surface area (Å²) in [6.45, 7) is 0.856. The molecule has 0 spiro atoms. The number of aromatic nitrogens is 2. The Bertz CT molecular complexity index is 379. The predicted octanol–water partition coefficient (Wildman–Crippen LogP) is 2.47. The zero-order valence-electron chi connectivity index (χ0n) is 8.73. The number of fused-ring (bicyclic) bond motifs is 1. The van der Waals surface area contributed by atoms with Crippen LogP contribution in [0.25, 0.3) is 11.0 Å². The Balaban J connectivity index is 0.000000980. The van der Waals surface area contributed by atoms with Crippen LogP contribution in [0.3, 0.4) is 0 Å². The molecule has 84 valence electrons. The summed E-state index contributed by atoms with van der Waals surface area (Å²) in [6.07, 6.45) is 0. The first-order valence-electron chi connectivity index (χ1n) is 4.34. The highest BCUT2D eigenvalue weighted by atomic mass is 35.5. The van der Waals surface area contributed by atoms with Gasteiger partial charge in [-0.05, 0) is 26.2 Å². The van der Waals surface area contributed by atoms with E-state index in [1.54, 1.807) is 0 Å². The van der Waals surface area contributed by atoms with Gasteiger partial charge in [-0.25, -0.2) is 4.98 Å². The van der Waals surface area contributed by atoms with E-state index in [1.165, 1.54) is 0 Å². The second-order valence-corrected chi connectivity index (χ2v) is 3.44. The first kappa shape index (κ1) is 14.2. The maximum absolute atomic E-state index is 4.46. The number of halogens is 2. The maximum Gasteiger partial charge on any atom is 0.121 e. The predicted molar refractivity (Wildman–Crippen MR) is 68.0 cm³/mol. The van der Waals surface area contributed by atoms with Gasteiger partial charge < -0.3 is 9.88 Å². The summed E-state index contributed by atoms with van der Waals surface area (Å²) in [7, 11) is 4.07. The molecular weight excluding hydrogens is 233 g/mol. The highest BCUT2D eigenvalue weighted by molar-refractivity contribution is 5.85. The monoisotopic (exact) mass is 247 g/mol. The molecule has 0 aliphatic rings. The van der Waals surface area contributed by atoms with Gasteiger partial charge in [-0.2, -0.15) is 0 Å². The van der Waals surface area contributed by atoms with Crippen LogP contribution in [0.2, 0.25) is 0 Å². The molecule has 0 atom stereocenters. The first-order valence-corrected chi connectivity index (χ1v) is 4.34. The molecule has 1 N–H and O–H groups in total. The lowest BCUT2D eigenvalue weighted by atomic mass is 10.3. The summed E-state index contributed by atoms with van der Waals surface area (Å²) in [6, 6.07) is 8.08. The number of aromatic amines is 1. The number of H-pyrrole nitrogens is 1. The summed E-state index contributed by atoms with van der Waals surface area (Å²) in [5, 5.41) is 0. The lowest BCUT2D eigenvalue weighted by Gasteiger charge is -2.04. The number of imidazole rings is 1. The molecule has 1 aromatic carbocycles. The minimum absolute atomic E-state index is 0. The number of nitrogens with zero attached hydrogens (tertiary/aromatic N) is 2. The summed E-state index contributed by atoms with van der Waals surface area (Å²) >= 11 is 0. The van der Waals surface area contributed by atoms with E-state index >= 15 is 0 Å². The van der Waals surface area contributed by atoms with Gasteiger partial charge in [-0.1, -0.05) is 12.1 Å². The van der Waals surface area contributed by atoms with Gasteiger partial charge in [0, 0.05) is 0 Å². The van der Waals surface area contributed by atoms with Crippen molar-refractivity contribution in [3.63, 3.8) is 0 Å². The van der Waals surface area contributed by atoms with Crippen molar-refractivity contribution in [1.29, 1.82) is 0 Å². The van der Waals surface area contributed by atoms with Crippen molar-refractivity contribution in [2.24, 2.45) is 0 Å². The standard InChI is InChI=1S/C10H13N3.2ClH/c1-13(2)7-10-11-8-5-3-4-6-9(8)12-10;;/h3-6H,7H2,1-2H3,(H,11,12);2*1H. The SMILES string of the molecule is CN(C)Cc1nc2ccccc2[nH]1.Cl.Cl. The summed E-state index contributed by atoms with van der Waals surface area (Å²) in [4.78, 5) is 9.82. The van der Waals surface area contributed by atoms with Crippen LogP contribution >= 0.6 is 24.8 Å². The minimum Gasteiger partial charge on any atom is -0.341 e. The maximum atomic E-state index is 4.46. The van der Waals surface area contributed by atoms with Gasteiger partial charge >= 0.3 is 0 Å². The van der Waals surface area contributed by atoms with Crippen molar-refractivity contribution in [2.45, 2.75) is 6.54 Å². The molecule has 2 aromatic rings. The molecule has 0 amide bonds. The van der Waals surface area contributed by atoms with Gasteiger partial charge in [0.05, 0.1) is 17.6 Å². The van der Waals surface area contributed by atoms with Crippen molar-refractivity contribution in [1.82, 2.24) is 14.9 Å². The normalized spacial score (nSPS) is 9.80. The Morgan fingerprint density at radius 1 is 1.20 bits per heavy atom. The fourth-order valence-electron chi connectivity index (χ4n) is 1.38. The number of hydrogen-bond donors (Lipinski definition) is 1. The van der Waals surface area contributed by atoms with Crippen LogP contribution in [0.1, 0.15) is 5.82 Å². The topological polar surface area (TPSA) is 31.9 Å². The zero-order valence-corrected chi connectivity index (χ0v) is 10.4. The summed E-state index contributed by atoms with van der Waals surface area (Å²) in [5.74, 6) is 1.02. The Morgan fingerprint density at radius 3 is 2.47 bits per heavy atom.